The van der Waals surface area contributed by atoms with Gasteiger partial charge in [0.15, 0.2) is 0 Å². The van der Waals surface area contributed by atoms with E-state index in [0.717, 1.165) is 11.1 Å². The van der Waals surface area contributed by atoms with Crippen molar-refractivity contribution < 1.29 is 9.32 Å². The molecule has 0 bridgehead atoms. The van der Waals surface area contributed by atoms with Crippen LogP contribution in [0.3, 0.4) is 0 Å². The number of nitrogens with zero attached hydrogens (tertiary/aromatic N) is 2. The number of benzene rings is 1. The molecule has 0 saturated carbocycles. The third-order valence-corrected chi connectivity index (χ3v) is 2.08. The molecule has 82 valence electrons. The van der Waals surface area contributed by atoms with Gasteiger partial charge in [-0.1, -0.05) is 17.3 Å². The van der Waals surface area contributed by atoms with Gasteiger partial charge in [-0.2, -0.15) is 4.98 Å². The molecule has 4 N–H and O–H groups in total. The van der Waals surface area contributed by atoms with Crippen LogP contribution in [-0.2, 0) is 6.54 Å². The lowest BCUT2D eigenvalue weighted by Gasteiger charge is -1.96. The van der Waals surface area contributed by atoms with Crippen LogP contribution in [0.1, 0.15) is 16.2 Å². The molecule has 1 aromatic heterocycles. The monoisotopic (exact) mass is 218 g/mol. The van der Waals surface area contributed by atoms with Crippen molar-refractivity contribution in [2.45, 2.75) is 6.54 Å². The average Bonchev–Trinajstić information content (AvgIpc) is 2.78. The summed E-state index contributed by atoms with van der Waals surface area (Å²) in [4.78, 5) is 14.6. The average molecular weight is 218 g/mol. The fraction of sp³-hybridized carbons (Fsp3) is 0.100. The SMILES string of the molecule is NCc1ccc(-c2nc(C(N)=O)no2)cc1. The smallest absolute Gasteiger partial charge is 0.290 e. The number of hydrogen-bond donors (Lipinski definition) is 2. The van der Waals surface area contributed by atoms with E-state index in [2.05, 4.69) is 10.1 Å². The van der Waals surface area contributed by atoms with Crippen LogP contribution in [0.5, 0.6) is 0 Å². The van der Waals surface area contributed by atoms with Crippen LogP contribution in [-0.4, -0.2) is 16.0 Å². The first kappa shape index (κ1) is 10.3. The zero-order chi connectivity index (χ0) is 11.5. The molecule has 1 amide bonds. The first-order valence-corrected chi connectivity index (χ1v) is 4.63. The molecular formula is C10H10N4O2. The third-order valence-electron chi connectivity index (χ3n) is 2.08. The van der Waals surface area contributed by atoms with Crippen molar-refractivity contribution in [3.8, 4) is 11.5 Å². The maximum Gasteiger partial charge on any atom is 0.290 e. The number of aromatic nitrogens is 2. The first-order valence-electron chi connectivity index (χ1n) is 4.63. The molecule has 6 nitrogen and oxygen atoms in total. The van der Waals surface area contributed by atoms with Gasteiger partial charge >= 0.3 is 0 Å². The summed E-state index contributed by atoms with van der Waals surface area (Å²) < 4.78 is 4.89. The number of carbonyl (C=O) groups excluding carboxylic acids is 1. The maximum atomic E-state index is 10.8. The van der Waals surface area contributed by atoms with Gasteiger partial charge in [-0.25, -0.2) is 0 Å². The van der Waals surface area contributed by atoms with Gasteiger partial charge in [0.05, 0.1) is 0 Å². The first-order chi connectivity index (χ1) is 7.70. The summed E-state index contributed by atoms with van der Waals surface area (Å²) in [7, 11) is 0. The van der Waals surface area contributed by atoms with E-state index in [1.807, 2.05) is 12.1 Å². The van der Waals surface area contributed by atoms with E-state index < -0.39 is 5.91 Å². The van der Waals surface area contributed by atoms with Gasteiger partial charge in [0.1, 0.15) is 0 Å². The van der Waals surface area contributed by atoms with Crippen LogP contribution in [0.2, 0.25) is 0 Å². The lowest BCUT2D eigenvalue weighted by Crippen LogP contribution is -2.12. The fourth-order valence-corrected chi connectivity index (χ4v) is 1.22. The van der Waals surface area contributed by atoms with E-state index in [4.69, 9.17) is 16.0 Å². The largest absolute Gasteiger partial charge is 0.363 e. The molecule has 0 aliphatic rings. The Morgan fingerprint density at radius 1 is 1.31 bits per heavy atom. The highest BCUT2D eigenvalue weighted by Crippen LogP contribution is 2.17. The molecular weight excluding hydrogens is 208 g/mol. The van der Waals surface area contributed by atoms with Crippen molar-refractivity contribution >= 4 is 5.91 Å². The minimum atomic E-state index is -0.714. The van der Waals surface area contributed by atoms with E-state index in [-0.39, 0.29) is 11.7 Å². The van der Waals surface area contributed by atoms with Gasteiger partial charge in [-0.05, 0) is 17.7 Å². The van der Waals surface area contributed by atoms with E-state index in [1.54, 1.807) is 12.1 Å². The van der Waals surface area contributed by atoms with Gasteiger partial charge in [0, 0.05) is 12.1 Å². The molecule has 0 saturated heterocycles. The summed E-state index contributed by atoms with van der Waals surface area (Å²) in [5.74, 6) is -0.580. The Balaban J connectivity index is 2.31. The van der Waals surface area contributed by atoms with Crippen LogP contribution in [0.25, 0.3) is 11.5 Å². The highest BCUT2D eigenvalue weighted by Gasteiger charge is 2.12. The molecule has 16 heavy (non-hydrogen) atoms. The summed E-state index contributed by atoms with van der Waals surface area (Å²) in [6, 6.07) is 7.29. The number of primary amides is 1. The summed E-state index contributed by atoms with van der Waals surface area (Å²) >= 11 is 0. The second-order valence-corrected chi connectivity index (χ2v) is 3.19. The number of carbonyl (C=O) groups is 1. The molecule has 0 fully saturated rings. The second-order valence-electron chi connectivity index (χ2n) is 3.19. The van der Waals surface area contributed by atoms with Crippen LogP contribution < -0.4 is 11.5 Å². The highest BCUT2D eigenvalue weighted by atomic mass is 16.5. The third kappa shape index (κ3) is 1.91. The van der Waals surface area contributed by atoms with Crippen molar-refractivity contribution in [2.75, 3.05) is 0 Å². The van der Waals surface area contributed by atoms with Crippen LogP contribution >= 0.6 is 0 Å². The van der Waals surface area contributed by atoms with Crippen molar-refractivity contribution in [3.63, 3.8) is 0 Å². The maximum absolute atomic E-state index is 10.8. The van der Waals surface area contributed by atoms with Crippen LogP contribution in [0.15, 0.2) is 28.8 Å². The Morgan fingerprint density at radius 3 is 2.50 bits per heavy atom. The van der Waals surface area contributed by atoms with Crippen LogP contribution in [0.4, 0.5) is 0 Å². The number of rotatable bonds is 3. The standard InChI is InChI=1S/C10H10N4O2/c11-5-6-1-3-7(4-2-6)10-13-9(8(12)15)14-16-10/h1-4H,5,11H2,(H2,12,15). The van der Waals surface area contributed by atoms with Gasteiger partial charge in [-0.15, -0.1) is 0 Å². The Labute approximate surface area is 91.2 Å². The fourth-order valence-electron chi connectivity index (χ4n) is 1.22. The van der Waals surface area contributed by atoms with E-state index >= 15 is 0 Å². The lowest BCUT2D eigenvalue weighted by atomic mass is 10.1. The van der Waals surface area contributed by atoms with Gasteiger partial charge < -0.3 is 16.0 Å². The summed E-state index contributed by atoms with van der Waals surface area (Å²) in [5.41, 5.74) is 12.2. The molecule has 0 atom stereocenters. The number of nitrogens with two attached hydrogens (primary N) is 2. The molecule has 0 aliphatic heterocycles. The number of hydrogen-bond acceptors (Lipinski definition) is 5. The Morgan fingerprint density at radius 2 is 2.00 bits per heavy atom. The quantitative estimate of drug-likeness (QED) is 0.769. The Bertz CT molecular complexity index is 504. The topological polar surface area (TPSA) is 108 Å². The van der Waals surface area contributed by atoms with Gasteiger partial charge in [0.25, 0.3) is 17.6 Å². The lowest BCUT2D eigenvalue weighted by molar-refractivity contribution is 0.0987. The normalized spacial score (nSPS) is 10.3. The van der Waals surface area contributed by atoms with Crippen molar-refractivity contribution in [2.24, 2.45) is 11.5 Å². The minimum absolute atomic E-state index is 0.127. The molecule has 1 heterocycles. The minimum Gasteiger partial charge on any atom is -0.363 e. The predicted molar refractivity (Wildman–Crippen MR) is 56.1 cm³/mol. The van der Waals surface area contributed by atoms with Gasteiger partial charge in [0.2, 0.25) is 0 Å². The Hall–Kier alpha value is -2.21. The van der Waals surface area contributed by atoms with Crippen LogP contribution in [0, 0.1) is 0 Å². The van der Waals surface area contributed by atoms with E-state index in [9.17, 15) is 4.79 Å². The summed E-state index contributed by atoms with van der Waals surface area (Å²) in [5, 5.41) is 3.45. The summed E-state index contributed by atoms with van der Waals surface area (Å²) in [6.07, 6.45) is 0. The van der Waals surface area contributed by atoms with E-state index in [0.29, 0.717) is 6.54 Å². The summed E-state index contributed by atoms with van der Waals surface area (Å²) in [6.45, 7) is 0.469. The molecule has 0 spiro atoms. The molecule has 2 rings (SSSR count). The molecule has 0 aliphatic carbocycles. The zero-order valence-electron chi connectivity index (χ0n) is 8.38. The van der Waals surface area contributed by atoms with E-state index in [1.165, 1.54) is 0 Å². The van der Waals surface area contributed by atoms with Crippen molar-refractivity contribution in [1.29, 1.82) is 0 Å². The molecule has 0 unspecified atom stereocenters. The Kier molecular flexibility index (Phi) is 2.65. The number of amides is 1. The second kappa shape index (κ2) is 4.11. The predicted octanol–water partition coefficient (Wildman–Crippen LogP) is 0.294. The van der Waals surface area contributed by atoms with Crippen molar-refractivity contribution in [3.05, 3.63) is 35.7 Å². The molecule has 0 radical (unpaired) electrons. The molecule has 1 aromatic carbocycles. The highest BCUT2D eigenvalue weighted by molar-refractivity contribution is 5.88. The van der Waals surface area contributed by atoms with Gasteiger partial charge in [-0.3, -0.25) is 4.79 Å². The zero-order valence-corrected chi connectivity index (χ0v) is 8.38. The van der Waals surface area contributed by atoms with Crippen molar-refractivity contribution in [1.82, 2.24) is 10.1 Å². The molecule has 2 aromatic rings. The molecule has 6 heteroatoms.